The third-order valence-electron chi connectivity index (χ3n) is 2.43. The number of alkyl halides is 3. The highest BCUT2D eigenvalue weighted by atomic mass is 19.4. The number of rotatable bonds is 2. The van der Waals surface area contributed by atoms with Crippen LogP contribution in [-0.2, 0) is 6.18 Å². The normalized spacial score (nSPS) is 11.6. The van der Waals surface area contributed by atoms with Gasteiger partial charge in [-0.25, -0.2) is 0 Å². The fourth-order valence-electron chi connectivity index (χ4n) is 1.60. The molecule has 1 heterocycles. The molecule has 0 radical (unpaired) electrons. The van der Waals surface area contributed by atoms with Gasteiger partial charge in [-0.05, 0) is 6.92 Å². The van der Waals surface area contributed by atoms with E-state index >= 15 is 0 Å². The Kier molecular flexibility index (Phi) is 2.98. The minimum absolute atomic E-state index is 0.0459. The maximum atomic E-state index is 12.6. The summed E-state index contributed by atoms with van der Waals surface area (Å²) < 4.78 is 42.4. The number of halogens is 3. The van der Waals surface area contributed by atoms with Crippen LogP contribution in [-0.4, -0.2) is 5.78 Å². The Bertz CT molecular complexity index is 568. The summed E-state index contributed by atoms with van der Waals surface area (Å²) >= 11 is 0. The fraction of sp³-hybridized carbons (Fsp3) is 0.154. The van der Waals surface area contributed by atoms with Crippen LogP contribution in [0.1, 0.15) is 23.0 Å². The van der Waals surface area contributed by atoms with E-state index in [1.165, 1.54) is 6.92 Å². The zero-order valence-corrected chi connectivity index (χ0v) is 9.41. The summed E-state index contributed by atoms with van der Waals surface area (Å²) in [5, 5.41) is 0. The highest BCUT2D eigenvalue weighted by Crippen LogP contribution is 2.36. The third kappa shape index (κ3) is 2.30. The number of ketones is 1. The lowest BCUT2D eigenvalue weighted by Gasteiger charge is -2.01. The molecule has 0 amide bonds. The molecular formula is C13H9F3O2. The van der Waals surface area contributed by atoms with Crippen molar-refractivity contribution < 1.29 is 22.4 Å². The number of Topliss-reactive ketones (excluding diaryl/α,β-unsaturated/α-hetero) is 1. The van der Waals surface area contributed by atoms with Gasteiger partial charge in [-0.15, -0.1) is 0 Å². The van der Waals surface area contributed by atoms with E-state index in [0.29, 0.717) is 5.56 Å². The molecule has 1 aromatic heterocycles. The number of hydrogen-bond acceptors (Lipinski definition) is 2. The van der Waals surface area contributed by atoms with E-state index in [9.17, 15) is 18.0 Å². The Hall–Kier alpha value is -2.04. The van der Waals surface area contributed by atoms with Crippen molar-refractivity contribution in [3.63, 3.8) is 0 Å². The van der Waals surface area contributed by atoms with Crippen LogP contribution >= 0.6 is 0 Å². The summed E-state index contributed by atoms with van der Waals surface area (Å²) in [7, 11) is 0. The van der Waals surface area contributed by atoms with Crippen LogP contribution in [0, 0.1) is 0 Å². The molecule has 0 saturated carbocycles. The van der Waals surface area contributed by atoms with Crippen LogP contribution in [0.3, 0.4) is 0 Å². The Morgan fingerprint density at radius 2 is 1.78 bits per heavy atom. The van der Waals surface area contributed by atoms with Gasteiger partial charge < -0.3 is 4.42 Å². The van der Waals surface area contributed by atoms with Crippen molar-refractivity contribution in [2.45, 2.75) is 13.1 Å². The first-order valence-electron chi connectivity index (χ1n) is 5.17. The lowest BCUT2D eigenvalue weighted by atomic mass is 10.1. The van der Waals surface area contributed by atoms with Gasteiger partial charge >= 0.3 is 6.18 Å². The van der Waals surface area contributed by atoms with Gasteiger partial charge in [0.2, 0.25) is 5.76 Å². The van der Waals surface area contributed by atoms with Gasteiger partial charge in [-0.1, -0.05) is 30.3 Å². The van der Waals surface area contributed by atoms with Gasteiger partial charge in [0.15, 0.2) is 5.78 Å². The van der Waals surface area contributed by atoms with Crippen molar-refractivity contribution in [2.24, 2.45) is 0 Å². The second kappa shape index (κ2) is 4.33. The van der Waals surface area contributed by atoms with Crippen LogP contribution in [0.2, 0.25) is 0 Å². The van der Waals surface area contributed by atoms with Crippen molar-refractivity contribution in [2.75, 3.05) is 0 Å². The van der Waals surface area contributed by atoms with Crippen molar-refractivity contribution in [3.05, 3.63) is 47.7 Å². The van der Waals surface area contributed by atoms with Gasteiger partial charge in [0.1, 0.15) is 5.76 Å². The summed E-state index contributed by atoms with van der Waals surface area (Å²) in [6.07, 6.45) is -4.60. The first-order valence-corrected chi connectivity index (χ1v) is 5.17. The zero-order valence-electron chi connectivity index (χ0n) is 9.41. The minimum Gasteiger partial charge on any atom is -0.451 e. The molecule has 2 nitrogen and oxygen atoms in total. The molecule has 1 aromatic carbocycles. The molecule has 0 bridgehead atoms. The zero-order chi connectivity index (χ0) is 13.3. The summed E-state index contributed by atoms with van der Waals surface area (Å²) in [5.74, 6) is -1.67. The Labute approximate surface area is 101 Å². The monoisotopic (exact) mass is 254 g/mol. The maximum absolute atomic E-state index is 12.6. The molecule has 0 spiro atoms. The van der Waals surface area contributed by atoms with Crippen LogP contribution in [0.5, 0.6) is 0 Å². The first kappa shape index (κ1) is 12.4. The van der Waals surface area contributed by atoms with Gasteiger partial charge in [-0.3, -0.25) is 4.79 Å². The van der Waals surface area contributed by atoms with Crippen LogP contribution in [0.25, 0.3) is 11.3 Å². The van der Waals surface area contributed by atoms with Gasteiger partial charge in [0, 0.05) is 11.6 Å². The highest BCUT2D eigenvalue weighted by molar-refractivity contribution is 5.99. The molecule has 5 heteroatoms. The van der Waals surface area contributed by atoms with Gasteiger partial charge in [-0.2, -0.15) is 13.2 Å². The van der Waals surface area contributed by atoms with E-state index in [2.05, 4.69) is 0 Å². The second-order valence-electron chi connectivity index (χ2n) is 3.77. The van der Waals surface area contributed by atoms with Crippen LogP contribution < -0.4 is 0 Å². The Morgan fingerprint density at radius 3 is 2.28 bits per heavy atom. The summed E-state index contributed by atoms with van der Waals surface area (Å²) in [6.45, 7) is 1.21. The molecule has 2 aromatic rings. The largest absolute Gasteiger partial charge is 0.451 e. The first-order chi connectivity index (χ1) is 8.39. The van der Waals surface area contributed by atoms with E-state index in [1.54, 1.807) is 30.3 Å². The van der Waals surface area contributed by atoms with E-state index in [4.69, 9.17) is 4.42 Å². The third-order valence-corrected chi connectivity index (χ3v) is 2.43. The van der Waals surface area contributed by atoms with E-state index < -0.39 is 17.7 Å². The number of benzene rings is 1. The van der Waals surface area contributed by atoms with Crippen molar-refractivity contribution in [1.82, 2.24) is 0 Å². The molecular weight excluding hydrogens is 245 g/mol. The lowest BCUT2D eigenvalue weighted by molar-refractivity contribution is -0.152. The molecule has 0 aliphatic carbocycles. The summed E-state index contributed by atoms with van der Waals surface area (Å²) in [4.78, 5) is 11.4. The average molecular weight is 254 g/mol. The highest BCUT2D eigenvalue weighted by Gasteiger charge is 2.37. The average Bonchev–Trinajstić information content (AvgIpc) is 2.74. The molecule has 18 heavy (non-hydrogen) atoms. The number of carbonyl (C=O) groups is 1. The predicted octanol–water partition coefficient (Wildman–Crippen LogP) is 4.17. The topological polar surface area (TPSA) is 30.2 Å². The molecule has 0 N–H and O–H groups in total. The van der Waals surface area contributed by atoms with E-state index in [0.717, 1.165) is 6.07 Å². The van der Waals surface area contributed by atoms with Crippen LogP contribution in [0.4, 0.5) is 13.2 Å². The number of hydrogen-bond donors (Lipinski definition) is 0. The lowest BCUT2D eigenvalue weighted by Crippen LogP contribution is -2.02. The van der Waals surface area contributed by atoms with Crippen LogP contribution in [0.15, 0.2) is 40.8 Å². The standard InChI is InChI=1S/C13H9F3O2/c1-8(17)10-7-11(13(14,15)16)18-12(10)9-5-3-2-4-6-9/h2-7H,1H3. The molecule has 0 fully saturated rings. The van der Waals surface area contributed by atoms with Crippen molar-refractivity contribution in [1.29, 1.82) is 0 Å². The summed E-state index contributed by atoms with van der Waals surface area (Å²) in [5.41, 5.74) is 0.381. The van der Waals surface area contributed by atoms with Gasteiger partial charge in [0.25, 0.3) is 0 Å². The Morgan fingerprint density at radius 1 is 1.17 bits per heavy atom. The van der Waals surface area contributed by atoms with E-state index in [1.807, 2.05) is 0 Å². The quantitative estimate of drug-likeness (QED) is 0.753. The van der Waals surface area contributed by atoms with Gasteiger partial charge in [0.05, 0.1) is 5.56 Å². The predicted molar refractivity (Wildman–Crippen MR) is 59.2 cm³/mol. The fourth-order valence-corrected chi connectivity index (χ4v) is 1.60. The maximum Gasteiger partial charge on any atom is 0.449 e. The molecule has 0 aliphatic heterocycles. The van der Waals surface area contributed by atoms with Crippen molar-refractivity contribution in [3.8, 4) is 11.3 Å². The molecule has 0 unspecified atom stereocenters. The Balaban J connectivity index is 2.60. The minimum atomic E-state index is -4.60. The van der Waals surface area contributed by atoms with E-state index in [-0.39, 0.29) is 11.3 Å². The smallest absolute Gasteiger partial charge is 0.449 e. The molecule has 0 atom stereocenters. The SMILES string of the molecule is CC(=O)c1cc(C(F)(F)F)oc1-c1ccccc1. The molecule has 2 rings (SSSR count). The number of furan rings is 1. The molecule has 0 aliphatic rings. The second-order valence-corrected chi connectivity index (χ2v) is 3.77. The molecule has 0 saturated heterocycles. The number of carbonyl (C=O) groups excluding carboxylic acids is 1. The summed E-state index contributed by atoms with van der Waals surface area (Å²) in [6, 6.07) is 8.97. The van der Waals surface area contributed by atoms with Crippen molar-refractivity contribution >= 4 is 5.78 Å². The molecule has 94 valence electrons.